The molecule has 0 aromatic heterocycles. The Kier molecular flexibility index (Phi) is 5.49. The van der Waals surface area contributed by atoms with Crippen LogP contribution in [-0.4, -0.2) is 13.1 Å². The molecule has 1 unspecified atom stereocenters. The molecule has 0 radical (unpaired) electrons. The summed E-state index contributed by atoms with van der Waals surface area (Å²) in [6.45, 7) is 7.79. The van der Waals surface area contributed by atoms with Gasteiger partial charge in [0.05, 0.1) is 0 Å². The maximum absolute atomic E-state index is 3.66. The number of nitrogens with one attached hydrogen (secondary N) is 1. The molecule has 0 rings (SSSR count). The van der Waals surface area contributed by atoms with Gasteiger partial charge in [0.2, 0.25) is 0 Å². The van der Waals surface area contributed by atoms with Crippen molar-refractivity contribution in [2.24, 2.45) is 0 Å². The van der Waals surface area contributed by atoms with Crippen LogP contribution in [0.1, 0.15) is 13.8 Å². The minimum Gasteiger partial charge on any atom is -0.313 e. The molecule has 0 aliphatic carbocycles. The van der Waals surface area contributed by atoms with Gasteiger partial charge in [-0.3, -0.25) is 0 Å². The first-order chi connectivity index (χ1) is 5.26. The molecule has 0 aromatic rings. The van der Waals surface area contributed by atoms with Gasteiger partial charge in [0.25, 0.3) is 0 Å². The first-order valence-corrected chi connectivity index (χ1v) is 3.88. The van der Waals surface area contributed by atoms with E-state index < -0.39 is 0 Å². The average Bonchev–Trinajstić information content (AvgIpc) is 2.03. The van der Waals surface area contributed by atoms with Gasteiger partial charge in [0.15, 0.2) is 0 Å². The minimum atomic E-state index is 0.393. The molecule has 0 aliphatic heterocycles. The van der Waals surface area contributed by atoms with E-state index in [0.29, 0.717) is 6.04 Å². The van der Waals surface area contributed by atoms with Crippen molar-refractivity contribution in [3.8, 4) is 0 Å². The summed E-state index contributed by atoms with van der Waals surface area (Å²) in [6.07, 6.45) is 7.94. The normalized spacial score (nSPS) is 15.4. The Hall–Kier alpha value is -0.820. The van der Waals surface area contributed by atoms with Crippen LogP contribution in [0, 0.1) is 0 Å². The van der Waals surface area contributed by atoms with Crippen LogP contribution in [0.15, 0.2) is 36.5 Å². The Morgan fingerprint density at radius 2 is 2.18 bits per heavy atom. The highest BCUT2D eigenvalue weighted by Gasteiger charge is 1.99. The second-order valence-corrected chi connectivity index (χ2v) is 2.41. The Morgan fingerprint density at radius 3 is 2.55 bits per heavy atom. The molecule has 0 spiro atoms. The first kappa shape index (κ1) is 10.2. The average molecular weight is 151 g/mol. The SMILES string of the molecule is C=C/C=C(\C=C/C)C(C)NC. The smallest absolute Gasteiger partial charge is 0.0288 e. The van der Waals surface area contributed by atoms with E-state index in [0.717, 1.165) is 0 Å². The van der Waals surface area contributed by atoms with Gasteiger partial charge < -0.3 is 5.32 Å². The quantitative estimate of drug-likeness (QED) is 0.608. The topological polar surface area (TPSA) is 12.0 Å². The predicted molar refractivity (Wildman–Crippen MR) is 51.6 cm³/mol. The van der Waals surface area contributed by atoms with Crippen molar-refractivity contribution >= 4 is 0 Å². The molecule has 1 atom stereocenters. The fourth-order valence-corrected chi connectivity index (χ4v) is 0.839. The summed E-state index contributed by atoms with van der Waals surface area (Å²) in [5.41, 5.74) is 1.25. The molecule has 62 valence electrons. The van der Waals surface area contributed by atoms with Crippen molar-refractivity contribution in [3.05, 3.63) is 36.5 Å². The van der Waals surface area contributed by atoms with Gasteiger partial charge in [-0.25, -0.2) is 0 Å². The molecule has 0 aliphatic rings. The lowest BCUT2D eigenvalue weighted by atomic mass is 10.1. The van der Waals surface area contributed by atoms with Gasteiger partial charge in [-0.2, -0.15) is 0 Å². The lowest BCUT2D eigenvalue weighted by Gasteiger charge is -2.10. The van der Waals surface area contributed by atoms with Gasteiger partial charge in [0, 0.05) is 6.04 Å². The monoisotopic (exact) mass is 151 g/mol. The maximum Gasteiger partial charge on any atom is 0.0288 e. The van der Waals surface area contributed by atoms with Crippen LogP contribution in [-0.2, 0) is 0 Å². The lowest BCUT2D eigenvalue weighted by molar-refractivity contribution is 0.705. The van der Waals surface area contributed by atoms with Crippen molar-refractivity contribution in [2.45, 2.75) is 19.9 Å². The van der Waals surface area contributed by atoms with Crippen molar-refractivity contribution in [3.63, 3.8) is 0 Å². The molecule has 0 fully saturated rings. The highest BCUT2D eigenvalue weighted by atomic mass is 14.9. The Bertz CT molecular complexity index is 166. The van der Waals surface area contributed by atoms with Gasteiger partial charge in [-0.1, -0.05) is 30.9 Å². The molecule has 0 saturated carbocycles. The molecular formula is C10H17N. The third-order valence-corrected chi connectivity index (χ3v) is 1.60. The number of hydrogen-bond donors (Lipinski definition) is 1. The molecule has 0 amide bonds. The van der Waals surface area contributed by atoms with Gasteiger partial charge >= 0.3 is 0 Å². The molecule has 1 N–H and O–H groups in total. The molecule has 0 bridgehead atoms. The fraction of sp³-hybridized carbons (Fsp3) is 0.400. The van der Waals surface area contributed by atoms with E-state index >= 15 is 0 Å². The van der Waals surface area contributed by atoms with Crippen molar-refractivity contribution in [2.75, 3.05) is 7.05 Å². The van der Waals surface area contributed by atoms with E-state index in [4.69, 9.17) is 0 Å². The number of hydrogen-bond acceptors (Lipinski definition) is 1. The molecule has 1 heteroatoms. The Morgan fingerprint density at radius 1 is 1.55 bits per heavy atom. The predicted octanol–water partition coefficient (Wildman–Crippen LogP) is 2.28. The zero-order valence-electron chi connectivity index (χ0n) is 7.59. The van der Waals surface area contributed by atoms with Gasteiger partial charge in [-0.15, -0.1) is 0 Å². The van der Waals surface area contributed by atoms with Crippen LogP contribution < -0.4 is 5.32 Å². The summed E-state index contributed by atoms with van der Waals surface area (Å²) in [5, 5.41) is 3.17. The van der Waals surface area contributed by atoms with Gasteiger partial charge in [-0.05, 0) is 26.5 Å². The summed E-state index contributed by atoms with van der Waals surface area (Å²) in [6, 6.07) is 0.393. The van der Waals surface area contributed by atoms with Crippen LogP contribution in [0.4, 0.5) is 0 Å². The summed E-state index contributed by atoms with van der Waals surface area (Å²) < 4.78 is 0. The Balaban J connectivity index is 4.32. The fourth-order valence-electron chi connectivity index (χ4n) is 0.839. The molecule has 0 saturated heterocycles. The maximum atomic E-state index is 3.66. The lowest BCUT2D eigenvalue weighted by Crippen LogP contribution is -2.22. The standard InChI is InChI=1S/C10H17N/c1-5-7-10(8-6-2)9(3)11-4/h5-9,11H,1H2,2-4H3/b8-6-,10-7+. The third-order valence-electron chi connectivity index (χ3n) is 1.60. The second kappa shape index (κ2) is 5.93. The van der Waals surface area contributed by atoms with E-state index in [2.05, 4.69) is 24.9 Å². The Labute approximate surface area is 69.5 Å². The van der Waals surface area contributed by atoms with Crippen LogP contribution in [0.2, 0.25) is 0 Å². The van der Waals surface area contributed by atoms with Crippen LogP contribution in [0.5, 0.6) is 0 Å². The van der Waals surface area contributed by atoms with E-state index in [1.165, 1.54) is 5.57 Å². The molecule has 0 aromatic carbocycles. The summed E-state index contributed by atoms with van der Waals surface area (Å²) >= 11 is 0. The minimum absolute atomic E-state index is 0.393. The number of allylic oxidation sites excluding steroid dienone is 3. The molecule has 0 heterocycles. The number of likely N-dealkylation sites (N-methyl/N-ethyl adjacent to an activating group) is 1. The largest absolute Gasteiger partial charge is 0.313 e. The molecular weight excluding hydrogens is 134 g/mol. The number of rotatable bonds is 4. The zero-order valence-corrected chi connectivity index (χ0v) is 7.59. The molecule has 11 heavy (non-hydrogen) atoms. The van der Waals surface area contributed by atoms with Gasteiger partial charge in [0.1, 0.15) is 0 Å². The van der Waals surface area contributed by atoms with E-state index in [1.54, 1.807) is 0 Å². The summed E-state index contributed by atoms with van der Waals surface area (Å²) in [7, 11) is 1.95. The second-order valence-electron chi connectivity index (χ2n) is 2.41. The van der Waals surface area contributed by atoms with E-state index in [-0.39, 0.29) is 0 Å². The van der Waals surface area contributed by atoms with Crippen molar-refractivity contribution < 1.29 is 0 Å². The van der Waals surface area contributed by atoms with Crippen LogP contribution in [0.25, 0.3) is 0 Å². The van der Waals surface area contributed by atoms with Crippen LogP contribution in [0.3, 0.4) is 0 Å². The van der Waals surface area contributed by atoms with Crippen molar-refractivity contribution in [1.82, 2.24) is 5.32 Å². The third kappa shape index (κ3) is 3.79. The van der Waals surface area contributed by atoms with Crippen molar-refractivity contribution in [1.29, 1.82) is 0 Å². The molecule has 1 nitrogen and oxygen atoms in total. The van der Waals surface area contributed by atoms with E-state index in [1.807, 2.05) is 32.2 Å². The van der Waals surface area contributed by atoms with E-state index in [9.17, 15) is 0 Å². The highest BCUT2D eigenvalue weighted by molar-refractivity contribution is 5.27. The highest BCUT2D eigenvalue weighted by Crippen LogP contribution is 2.03. The zero-order chi connectivity index (χ0) is 8.69. The first-order valence-electron chi connectivity index (χ1n) is 3.88. The summed E-state index contributed by atoms with van der Waals surface area (Å²) in [5.74, 6) is 0. The summed E-state index contributed by atoms with van der Waals surface area (Å²) in [4.78, 5) is 0. The van der Waals surface area contributed by atoms with Crippen LogP contribution >= 0.6 is 0 Å².